The summed E-state index contributed by atoms with van der Waals surface area (Å²) in [5.41, 5.74) is 1.34. The first-order valence-corrected chi connectivity index (χ1v) is 11.1. The molecule has 0 aliphatic carbocycles. The summed E-state index contributed by atoms with van der Waals surface area (Å²) in [5, 5.41) is 8.53. The van der Waals surface area contributed by atoms with Gasteiger partial charge in [-0.15, -0.1) is 0 Å². The van der Waals surface area contributed by atoms with E-state index >= 15 is 0 Å². The van der Waals surface area contributed by atoms with Crippen molar-refractivity contribution in [2.75, 3.05) is 18.5 Å². The number of hydrogen-bond acceptors (Lipinski definition) is 4. The normalized spacial score (nSPS) is 10.2. The van der Waals surface area contributed by atoms with E-state index in [1.807, 2.05) is 13.0 Å². The van der Waals surface area contributed by atoms with Crippen molar-refractivity contribution in [1.29, 1.82) is 0 Å². The fourth-order valence-corrected chi connectivity index (χ4v) is 3.14. The zero-order valence-corrected chi connectivity index (χ0v) is 19.5. The van der Waals surface area contributed by atoms with Crippen molar-refractivity contribution in [1.82, 2.24) is 10.6 Å². The van der Waals surface area contributed by atoms with E-state index in [0.29, 0.717) is 35.7 Å². The number of ether oxygens (including phenoxy) is 1. The molecule has 0 heterocycles. The van der Waals surface area contributed by atoms with Gasteiger partial charge in [0, 0.05) is 11.0 Å². The van der Waals surface area contributed by atoms with Crippen LogP contribution in [0.3, 0.4) is 0 Å². The predicted octanol–water partition coefficient (Wildman–Crippen LogP) is 4.89. The fourth-order valence-electron chi connectivity index (χ4n) is 2.58. The van der Waals surface area contributed by atoms with Crippen LogP contribution >= 0.6 is 28.1 Å². The van der Waals surface area contributed by atoms with Gasteiger partial charge in [0.15, 0.2) is 5.11 Å². The van der Waals surface area contributed by atoms with Gasteiger partial charge in [-0.25, -0.2) is 0 Å². The molecule has 0 spiro atoms. The Kier molecular flexibility index (Phi) is 9.76. The van der Waals surface area contributed by atoms with Crippen molar-refractivity contribution in [3.63, 3.8) is 0 Å². The maximum Gasteiger partial charge on any atom is 0.261 e. The molecule has 0 bridgehead atoms. The summed E-state index contributed by atoms with van der Waals surface area (Å²) in [7, 11) is 0. The van der Waals surface area contributed by atoms with Crippen molar-refractivity contribution in [3.05, 3.63) is 58.1 Å². The van der Waals surface area contributed by atoms with Gasteiger partial charge in [-0.2, -0.15) is 0 Å². The largest absolute Gasteiger partial charge is 0.493 e. The van der Waals surface area contributed by atoms with Crippen LogP contribution in [0.1, 0.15) is 53.8 Å². The Morgan fingerprint density at radius 2 is 1.80 bits per heavy atom. The molecule has 160 valence electrons. The van der Waals surface area contributed by atoms with Gasteiger partial charge in [-0.1, -0.05) is 48.3 Å². The predicted molar refractivity (Wildman–Crippen MR) is 127 cm³/mol. The van der Waals surface area contributed by atoms with E-state index in [-0.39, 0.29) is 11.0 Å². The number of rotatable bonds is 9. The minimum Gasteiger partial charge on any atom is -0.493 e. The quantitative estimate of drug-likeness (QED) is 0.343. The van der Waals surface area contributed by atoms with Gasteiger partial charge in [0.25, 0.3) is 11.8 Å². The van der Waals surface area contributed by atoms with Crippen LogP contribution in [0.2, 0.25) is 0 Å². The van der Waals surface area contributed by atoms with E-state index in [2.05, 4.69) is 38.8 Å². The second-order valence-corrected chi connectivity index (χ2v) is 7.88. The molecule has 0 unspecified atom stereocenters. The van der Waals surface area contributed by atoms with Crippen LogP contribution in [0.4, 0.5) is 5.69 Å². The number of amides is 2. The molecule has 0 fully saturated rings. The molecule has 3 N–H and O–H groups in total. The number of para-hydroxylation sites is 1. The molecule has 2 aromatic rings. The molecule has 0 saturated carbocycles. The standard InChI is InChI=1S/C22H26BrN3O3S/c1-3-5-13-29-19-11-10-15(23)14-17(19)21(28)26-22(30)25-18-9-7-6-8-16(18)20(27)24-12-4-2/h6-11,14H,3-5,12-13H2,1-2H3,(H,24,27)(H2,25,26,28,30). The van der Waals surface area contributed by atoms with E-state index in [4.69, 9.17) is 17.0 Å². The average molecular weight is 492 g/mol. The fraction of sp³-hybridized carbons (Fsp3) is 0.318. The lowest BCUT2D eigenvalue weighted by molar-refractivity contribution is 0.0952. The van der Waals surface area contributed by atoms with Crippen LogP contribution < -0.4 is 20.7 Å². The Labute approximate surface area is 190 Å². The molecule has 2 amide bonds. The molecule has 0 aromatic heterocycles. The molecule has 2 aromatic carbocycles. The minimum atomic E-state index is -0.395. The molecule has 8 heteroatoms. The first-order valence-electron chi connectivity index (χ1n) is 9.88. The molecule has 0 saturated heterocycles. The molecular formula is C22H26BrN3O3S. The molecule has 0 radical (unpaired) electrons. The van der Waals surface area contributed by atoms with E-state index in [0.717, 1.165) is 23.7 Å². The number of anilines is 1. The first-order chi connectivity index (χ1) is 14.5. The average Bonchev–Trinajstić information content (AvgIpc) is 2.73. The van der Waals surface area contributed by atoms with Crippen molar-refractivity contribution in [2.45, 2.75) is 33.1 Å². The van der Waals surface area contributed by atoms with Crippen molar-refractivity contribution in [2.24, 2.45) is 0 Å². The molecular weight excluding hydrogens is 466 g/mol. The van der Waals surface area contributed by atoms with Gasteiger partial charge in [0.05, 0.1) is 23.4 Å². The van der Waals surface area contributed by atoms with Gasteiger partial charge in [-0.05, 0) is 55.4 Å². The van der Waals surface area contributed by atoms with Crippen LogP contribution in [-0.4, -0.2) is 30.1 Å². The van der Waals surface area contributed by atoms with Crippen molar-refractivity contribution < 1.29 is 14.3 Å². The number of halogens is 1. The van der Waals surface area contributed by atoms with Gasteiger partial charge in [-0.3, -0.25) is 14.9 Å². The molecule has 0 aliphatic rings. The number of unbranched alkanes of at least 4 members (excludes halogenated alkanes) is 1. The van der Waals surface area contributed by atoms with Gasteiger partial charge < -0.3 is 15.4 Å². The third-order valence-corrected chi connectivity index (χ3v) is 4.82. The second kappa shape index (κ2) is 12.3. The number of thiocarbonyl (C=S) groups is 1. The zero-order valence-electron chi connectivity index (χ0n) is 17.1. The molecule has 0 atom stereocenters. The van der Waals surface area contributed by atoms with Crippen molar-refractivity contribution in [3.8, 4) is 5.75 Å². The summed E-state index contributed by atoms with van der Waals surface area (Å²) < 4.78 is 6.50. The number of carbonyl (C=O) groups excluding carboxylic acids is 2. The van der Waals surface area contributed by atoms with Crippen LogP contribution in [-0.2, 0) is 0 Å². The maximum atomic E-state index is 12.8. The monoisotopic (exact) mass is 491 g/mol. The highest BCUT2D eigenvalue weighted by molar-refractivity contribution is 9.10. The summed E-state index contributed by atoms with van der Waals surface area (Å²) in [5.74, 6) is -0.104. The van der Waals surface area contributed by atoms with Crippen LogP contribution in [0.25, 0.3) is 0 Å². The molecule has 2 rings (SSSR count). The van der Waals surface area contributed by atoms with Gasteiger partial charge in [0.1, 0.15) is 5.75 Å². The highest BCUT2D eigenvalue weighted by Gasteiger charge is 2.16. The van der Waals surface area contributed by atoms with E-state index in [9.17, 15) is 9.59 Å². The lowest BCUT2D eigenvalue weighted by atomic mass is 10.1. The smallest absolute Gasteiger partial charge is 0.261 e. The SMILES string of the molecule is CCCCOc1ccc(Br)cc1C(=O)NC(=S)Nc1ccccc1C(=O)NCCC. The highest BCUT2D eigenvalue weighted by Crippen LogP contribution is 2.24. The summed E-state index contributed by atoms with van der Waals surface area (Å²) >= 11 is 8.69. The topological polar surface area (TPSA) is 79.5 Å². The summed E-state index contributed by atoms with van der Waals surface area (Å²) in [4.78, 5) is 25.1. The molecule has 6 nitrogen and oxygen atoms in total. The molecule has 0 aliphatic heterocycles. The Balaban J connectivity index is 2.10. The second-order valence-electron chi connectivity index (χ2n) is 6.55. The van der Waals surface area contributed by atoms with Gasteiger partial charge >= 0.3 is 0 Å². The van der Waals surface area contributed by atoms with Crippen LogP contribution in [0.5, 0.6) is 5.75 Å². The number of nitrogens with one attached hydrogen (secondary N) is 3. The first kappa shape index (κ1) is 23.8. The number of benzene rings is 2. The maximum absolute atomic E-state index is 12.8. The number of hydrogen-bond donors (Lipinski definition) is 3. The molecule has 30 heavy (non-hydrogen) atoms. The van der Waals surface area contributed by atoms with E-state index in [1.165, 1.54) is 0 Å². The van der Waals surface area contributed by atoms with E-state index in [1.54, 1.807) is 36.4 Å². The minimum absolute atomic E-state index is 0.0928. The summed E-state index contributed by atoms with van der Waals surface area (Å²) in [6, 6.07) is 12.2. The Morgan fingerprint density at radius 3 is 2.53 bits per heavy atom. The van der Waals surface area contributed by atoms with Gasteiger partial charge in [0.2, 0.25) is 0 Å². The summed E-state index contributed by atoms with van der Waals surface area (Å²) in [6.07, 6.45) is 2.73. The van der Waals surface area contributed by atoms with Crippen LogP contribution in [0, 0.1) is 0 Å². The Bertz CT molecular complexity index is 905. The lowest BCUT2D eigenvalue weighted by Gasteiger charge is -2.15. The highest BCUT2D eigenvalue weighted by atomic mass is 79.9. The number of carbonyl (C=O) groups is 2. The van der Waals surface area contributed by atoms with Crippen molar-refractivity contribution >= 4 is 50.8 Å². The lowest BCUT2D eigenvalue weighted by Crippen LogP contribution is -2.35. The Hall–Kier alpha value is -2.45. The third kappa shape index (κ3) is 7.11. The Morgan fingerprint density at radius 1 is 1.03 bits per heavy atom. The van der Waals surface area contributed by atoms with Crippen LogP contribution in [0.15, 0.2) is 46.9 Å². The van der Waals surface area contributed by atoms with E-state index < -0.39 is 5.91 Å². The summed E-state index contributed by atoms with van der Waals surface area (Å²) in [6.45, 7) is 5.17. The third-order valence-electron chi connectivity index (χ3n) is 4.12. The zero-order chi connectivity index (χ0) is 21.9.